The lowest BCUT2D eigenvalue weighted by Gasteiger charge is -2.17. The first-order valence-electron chi connectivity index (χ1n) is 9.10. The van der Waals surface area contributed by atoms with E-state index in [2.05, 4.69) is 61.4 Å². The molecule has 142 valence electrons. The number of ether oxygens (including phenoxy) is 1. The summed E-state index contributed by atoms with van der Waals surface area (Å²) in [7, 11) is 0. The zero-order valence-corrected chi connectivity index (χ0v) is 18.8. The maximum absolute atomic E-state index is 6.01. The fourth-order valence-electron chi connectivity index (χ4n) is 3.33. The maximum atomic E-state index is 6.01. The third-order valence-corrected chi connectivity index (χ3v) is 5.91. The highest BCUT2D eigenvalue weighted by molar-refractivity contribution is 9.11. The van der Waals surface area contributed by atoms with Gasteiger partial charge >= 0.3 is 0 Å². The molecule has 0 spiro atoms. The molecule has 1 N–H and O–H groups in total. The average molecular weight is 504 g/mol. The Morgan fingerprint density at radius 3 is 2.12 bits per heavy atom. The van der Waals surface area contributed by atoms with Crippen LogP contribution in [0.25, 0.3) is 0 Å². The van der Waals surface area contributed by atoms with Gasteiger partial charge in [-0.2, -0.15) is 0 Å². The molecule has 0 atom stereocenters. The highest BCUT2D eigenvalue weighted by Gasteiger charge is 2.13. The number of hydrogen-bond donors (Lipinski definition) is 1. The van der Waals surface area contributed by atoms with Gasteiger partial charge in [0.2, 0.25) is 0 Å². The Morgan fingerprint density at radius 2 is 1.50 bits per heavy atom. The molecule has 0 amide bonds. The van der Waals surface area contributed by atoms with Crippen LogP contribution in [0, 0.1) is 0 Å². The molecular weight excluding hydrogens is 477 g/mol. The Bertz CT molecular complexity index is 650. The second-order valence-corrected chi connectivity index (χ2v) is 8.44. The van der Waals surface area contributed by atoms with Crippen LogP contribution in [-0.4, -0.2) is 6.04 Å². The van der Waals surface area contributed by atoms with Crippen LogP contribution in [0.2, 0.25) is 0 Å². The lowest BCUT2D eigenvalue weighted by molar-refractivity contribution is 0.302. The van der Waals surface area contributed by atoms with E-state index in [9.17, 15) is 0 Å². The Balaban J connectivity index is 0.00000243. The van der Waals surface area contributed by atoms with Crippen LogP contribution >= 0.6 is 44.3 Å². The minimum absolute atomic E-state index is 0. The van der Waals surface area contributed by atoms with Crippen LogP contribution in [0.1, 0.15) is 49.7 Å². The van der Waals surface area contributed by atoms with Crippen LogP contribution in [0.5, 0.6) is 5.75 Å². The van der Waals surface area contributed by atoms with Crippen molar-refractivity contribution in [3.63, 3.8) is 0 Å². The highest BCUT2D eigenvalue weighted by Crippen LogP contribution is 2.35. The smallest absolute Gasteiger partial charge is 0.148 e. The van der Waals surface area contributed by atoms with E-state index in [1.807, 2.05) is 18.2 Å². The molecule has 0 radical (unpaired) electrons. The molecule has 1 fully saturated rings. The van der Waals surface area contributed by atoms with Crippen LogP contribution in [-0.2, 0) is 13.2 Å². The van der Waals surface area contributed by atoms with Gasteiger partial charge in [0.1, 0.15) is 12.4 Å². The van der Waals surface area contributed by atoms with Gasteiger partial charge in [0, 0.05) is 12.6 Å². The molecule has 5 heteroatoms. The van der Waals surface area contributed by atoms with Crippen molar-refractivity contribution in [2.24, 2.45) is 0 Å². The molecule has 1 saturated carbocycles. The van der Waals surface area contributed by atoms with Gasteiger partial charge in [0.25, 0.3) is 0 Å². The molecule has 0 unspecified atom stereocenters. The summed E-state index contributed by atoms with van der Waals surface area (Å²) in [5.41, 5.74) is 2.44. The molecular formula is C21H26Br2ClNO. The average Bonchev–Trinajstić information content (AvgIpc) is 2.89. The molecule has 2 aromatic carbocycles. The van der Waals surface area contributed by atoms with Gasteiger partial charge in [-0.15, -0.1) is 12.4 Å². The third kappa shape index (κ3) is 6.56. The second-order valence-electron chi connectivity index (χ2n) is 6.73. The predicted octanol–water partition coefficient (Wildman–Crippen LogP) is 7.02. The lowest BCUT2D eigenvalue weighted by Crippen LogP contribution is -2.27. The zero-order chi connectivity index (χ0) is 17.5. The van der Waals surface area contributed by atoms with E-state index in [0.717, 1.165) is 21.2 Å². The Kier molecular flexibility index (Phi) is 9.48. The van der Waals surface area contributed by atoms with Crippen molar-refractivity contribution >= 4 is 44.3 Å². The summed E-state index contributed by atoms with van der Waals surface area (Å²) in [6.45, 7) is 1.47. The molecule has 26 heavy (non-hydrogen) atoms. The van der Waals surface area contributed by atoms with Crippen molar-refractivity contribution in [1.82, 2.24) is 5.32 Å². The molecule has 0 bridgehead atoms. The first-order valence-corrected chi connectivity index (χ1v) is 10.7. The largest absolute Gasteiger partial charge is 0.487 e. The summed E-state index contributed by atoms with van der Waals surface area (Å²) in [6, 6.07) is 15.2. The maximum Gasteiger partial charge on any atom is 0.148 e. The van der Waals surface area contributed by atoms with Crippen LogP contribution in [0.4, 0.5) is 0 Å². The SMILES string of the molecule is Brc1cc(CNC2CCCCCC2)cc(Br)c1OCc1ccccc1.Cl. The minimum Gasteiger partial charge on any atom is -0.487 e. The fourth-order valence-corrected chi connectivity index (χ4v) is 4.84. The van der Waals surface area contributed by atoms with Crippen molar-refractivity contribution in [2.75, 3.05) is 0 Å². The monoisotopic (exact) mass is 501 g/mol. The van der Waals surface area contributed by atoms with E-state index in [4.69, 9.17) is 4.74 Å². The number of halogens is 3. The van der Waals surface area contributed by atoms with E-state index in [1.165, 1.54) is 49.7 Å². The first-order chi connectivity index (χ1) is 12.2. The van der Waals surface area contributed by atoms with Crippen LogP contribution in [0.15, 0.2) is 51.4 Å². The van der Waals surface area contributed by atoms with Crippen LogP contribution < -0.4 is 10.1 Å². The highest BCUT2D eigenvalue weighted by atomic mass is 79.9. The van der Waals surface area contributed by atoms with E-state index in [1.54, 1.807) is 0 Å². The molecule has 1 aliphatic carbocycles. The first kappa shape index (κ1) is 21.7. The lowest BCUT2D eigenvalue weighted by atomic mass is 10.1. The van der Waals surface area contributed by atoms with Gasteiger partial charge in [-0.05, 0) is 68.0 Å². The summed E-state index contributed by atoms with van der Waals surface area (Å²) >= 11 is 7.33. The number of benzene rings is 2. The molecule has 2 aromatic rings. The number of rotatable bonds is 6. The van der Waals surface area contributed by atoms with Gasteiger partial charge in [-0.1, -0.05) is 56.0 Å². The summed E-state index contributed by atoms with van der Waals surface area (Å²) < 4.78 is 8.00. The summed E-state index contributed by atoms with van der Waals surface area (Å²) in [6.07, 6.45) is 8.11. The molecule has 0 saturated heterocycles. The van der Waals surface area contributed by atoms with E-state index >= 15 is 0 Å². The topological polar surface area (TPSA) is 21.3 Å². The van der Waals surface area contributed by atoms with Gasteiger partial charge in [0.15, 0.2) is 0 Å². The third-order valence-electron chi connectivity index (χ3n) is 4.73. The molecule has 1 aliphatic rings. The fraction of sp³-hybridized carbons (Fsp3) is 0.429. The Hall–Kier alpha value is -0.550. The quantitative estimate of drug-likeness (QED) is 0.428. The summed E-state index contributed by atoms with van der Waals surface area (Å²) in [5.74, 6) is 0.863. The van der Waals surface area contributed by atoms with Gasteiger partial charge in [-0.25, -0.2) is 0 Å². The van der Waals surface area contributed by atoms with E-state index in [0.29, 0.717) is 12.6 Å². The number of nitrogens with one attached hydrogen (secondary N) is 1. The van der Waals surface area contributed by atoms with Crippen molar-refractivity contribution < 1.29 is 4.74 Å². The van der Waals surface area contributed by atoms with Crippen molar-refractivity contribution in [3.05, 3.63) is 62.5 Å². The van der Waals surface area contributed by atoms with Gasteiger partial charge < -0.3 is 10.1 Å². The van der Waals surface area contributed by atoms with Gasteiger partial charge in [-0.3, -0.25) is 0 Å². The molecule has 0 aliphatic heterocycles. The molecule has 0 heterocycles. The standard InChI is InChI=1S/C21H25Br2NO.ClH/c22-19-12-17(14-24-18-10-6-1-2-7-11-18)13-20(23)21(19)25-15-16-8-4-3-5-9-16;/h3-5,8-9,12-13,18,24H,1-2,6-7,10-11,14-15H2;1H. The Morgan fingerprint density at radius 1 is 0.885 bits per heavy atom. The molecule has 0 aromatic heterocycles. The Labute approximate surface area is 179 Å². The van der Waals surface area contributed by atoms with E-state index < -0.39 is 0 Å². The van der Waals surface area contributed by atoms with Gasteiger partial charge in [0.05, 0.1) is 8.95 Å². The van der Waals surface area contributed by atoms with Crippen molar-refractivity contribution in [2.45, 2.75) is 57.7 Å². The molecule has 3 rings (SSSR count). The number of hydrogen-bond acceptors (Lipinski definition) is 2. The normalized spacial score (nSPS) is 15.2. The zero-order valence-electron chi connectivity index (χ0n) is 14.8. The second kappa shape index (κ2) is 11.3. The van der Waals surface area contributed by atoms with Crippen molar-refractivity contribution in [3.8, 4) is 5.75 Å². The summed E-state index contributed by atoms with van der Waals surface area (Å²) in [4.78, 5) is 0. The summed E-state index contributed by atoms with van der Waals surface area (Å²) in [5, 5.41) is 3.73. The van der Waals surface area contributed by atoms with Crippen LogP contribution in [0.3, 0.4) is 0 Å². The minimum atomic E-state index is 0. The van der Waals surface area contributed by atoms with E-state index in [-0.39, 0.29) is 12.4 Å². The predicted molar refractivity (Wildman–Crippen MR) is 118 cm³/mol. The van der Waals surface area contributed by atoms with Crippen molar-refractivity contribution in [1.29, 1.82) is 0 Å². The molecule has 2 nitrogen and oxygen atoms in total.